The van der Waals surface area contributed by atoms with E-state index in [9.17, 15) is 13.2 Å². The molecule has 0 aliphatic rings. The molecular formula is C15H12ClF3O2. The van der Waals surface area contributed by atoms with Gasteiger partial charge in [0.05, 0.1) is 17.2 Å². The molecule has 2 aromatic carbocycles. The Morgan fingerprint density at radius 2 is 1.86 bits per heavy atom. The smallest absolute Gasteiger partial charge is 0.417 e. The molecule has 0 heterocycles. The van der Waals surface area contributed by atoms with Gasteiger partial charge < -0.3 is 9.84 Å². The van der Waals surface area contributed by atoms with E-state index in [1.807, 2.05) is 0 Å². The molecule has 0 amide bonds. The second-order valence-corrected chi connectivity index (χ2v) is 4.91. The first kappa shape index (κ1) is 15.7. The minimum absolute atomic E-state index is 0.0478. The first-order valence-electron chi connectivity index (χ1n) is 6.06. The van der Waals surface area contributed by atoms with Gasteiger partial charge >= 0.3 is 6.18 Å². The number of aliphatic hydroxyl groups is 1. The molecule has 0 bridgehead atoms. The molecule has 0 saturated carbocycles. The van der Waals surface area contributed by atoms with Crippen molar-refractivity contribution in [3.63, 3.8) is 0 Å². The zero-order valence-electron chi connectivity index (χ0n) is 11.0. The molecule has 2 aromatic rings. The third kappa shape index (κ3) is 3.68. The number of halogens is 4. The van der Waals surface area contributed by atoms with E-state index in [2.05, 4.69) is 0 Å². The van der Waals surface area contributed by atoms with Crippen LogP contribution in [0.5, 0.6) is 11.5 Å². The van der Waals surface area contributed by atoms with Crippen molar-refractivity contribution < 1.29 is 23.0 Å². The highest BCUT2D eigenvalue weighted by Gasteiger charge is 2.33. The maximum Gasteiger partial charge on any atom is 0.417 e. The van der Waals surface area contributed by atoms with E-state index in [1.165, 1.54) is 6.07 Å². The topological polar surface area (TPSA) is 29.5 Å². The highest BCUT2D eigenvalue weighted by atomic mass is 35.5. The monoisotopic (exact) mass is 316 g/mol. The van der Waals surface area contributed by atoms with E-state index in [0.29, 0.717) is 16.9 Å². The number of hydrogen-bond acceptors (Lipinski definition) is 2. The van der Waals surface area contributed by atoms with Crippen LogP contribution in [0.4, 0.5) is 13.2 Å². The fourth-order valence-corrected chi connectivity index (χ4v) is 2.06. The van der Waals surface area contributed by atoms with Crippen molar-refractivity contribution in [1.29, 1.82) is 0 Å². The summed E-state index contributed by atoms with van der Waals surface area (Å²) >= 11 is 5.55. The van der Waals surface area contributed by atoms with Gasteiger partial charge in [-0.3, -0.25) is 0 Å². The highest BCUT2D eigenvalue weighted by Crippen LogP contribution is 2.38. The number of alkyl halides is 3. The quantitative estimate of drug-likeness (QED) is 0.868. The maximum absolute atomic E-state index is 12.8. The van der Waals surface area contributed by atoms with E-state index >= 15 is 0 Å². The molecule has 0 fully saturated rings. The van der Waals surface area contributed by atoms with Crippen molar-refractivity contribution >= 4 is 11.6 Å². The first-order chi connectivity index (χ1) is 9.81. The number of hydrogen-bond donors (Lipinski definition) is 1. The minimum Gasteiger partial charge on any atom is -0.457 e. The molecule has 0 spiro atoms. The van der Waals surface area contributed by atoms with Crippen LogP contribution in [-0.4, -0.2) is 5.11 Å². The molecule has 0 aliphatic heterocycles. The van der Waals surface area contributed by atoms with Crippen LogP contribution in [0, 0.1) is 6.92 Å². The highest BCUT2D eigenvalue weighted by molar-refractivity contribution is 6.31. The lowest BCUT2D eigenvalue weighted by molar-refractivity contribution is -0.137. The van der Waals surface area contributed by atoms with Gasteiger partial charge in [0.25, 0.3) is 0 Å². The average Bonchev–Trinajstić information content (AvgIpc) is 2.41. The third-order valence-corrected chi connectivity index (χ3v) is 3.22. The summed E-state index contributed by atoms with van der Waals surface area (Å²) in [5, 5.41) is 8.65. The molecule has 0 aromatic heterocycles. The first-order valence-corrected chi connectivity index (χ1v) is 6.44. The van der Waals surface area contributed by atoms with Gasteiger partial charge in [-0.1, -0.05) is 23.7 Å². The maximum atomic E-state index is 12.8. The molecule has 2 rings (SSSR count). The van der Waals surface area contributed by atoms with Crippen LogP contribution >= 0.6 is 11.6 Å². The standard InChI is InChI=1S/C15H12ClF3O2/c1-9-6-10(8-20)2-5-14(9)21-11-3-4-13(16)12(7-11)15(17,18)19/h2-7,20H,8H2,1H3. The van der Waals surface area contributed by atoms with E-state index in [4.69, 9.17) is 21.4 Å². The van der Waals surface area contributed by atoms with Crippen molar-refractivity contribution in [1.82, 2.24) is 0 Å². The summed E-state index contributed by atoms with van der Waals surface area (Å²) in [6, 6.07) is 8.33. The zero-order chi connectivity index (χ0) is 15.6. The van der Waals surface area contributed by atoms with E-state index < -0.39 is 11.7 Å². The Bertz CT molecular complexity index is 654. The number of ether oxygens (including phenoxy) is 1. The van der Waals surface area contributed by atoms with E-state index in [1.54, 1.807) is 25.1 Å². The lowest BCUT2D eigenvalue weighted by Gasteiger charge is -2.13. The van der Waals surface area contributed by atoms with Gasteiger partial charge in [-0.15, -0.1) is 0 Å². The molecule has 0 saturated heterocycles. The minimum atomic E-state index is -4.54. The Balaban J connectivity index is 2.32. The SMILES string of the molecule is Cc1cc(CO)ccc1Oc1ccc(Cl)c(C(F)(F)F)c1. The summed E-state index contributed by atoms with van der Waals surface area (Å²) in [5.74, 6) is 0.467. The van der Waals surface area contributed by atoms with Crippen molar-refractivity contribution in [3.8, 4) is 11.5 Å². The molecule has 0 atom stereocenters. The average molecular weight is 317 g/mol. The summed E-state index contributed by atoms with van der Waals surface area (Å²) in [4.78, 5) is 0. The van der Waals surface area contributed by atoms with Crippen molar-refractivity contribution in [3.05, 3.63) is 58.1 Å². The lowest BCUT2D eigenvalue weighted by Crippen LogP contribution is -2.06. The third-order valence-electron chi connectivity index (χ3n) is 2.89. The fourth-order valence-electron chi connectivity index (χ4n) is 1.84. The Kier molecular flexibility index (Phi) is 4.44. The molecular weight excluding hydrogens is 305 g/mol. The van der Waals surface area contributed by atoms with Crippen LogP contribution in [0.1, 0.15) is 16.7 Å². The van der Waals surface area contributed by atoms with Gasteiger partial charge in [0, 0.05) is 0 Å². The van der Waals surface area contributed by atoms with Crippen LogP contribution in [0.15, 0.2) is 36.4 Å². The molecule has 0 radical (unpaired) electrons. The van der Waals surface area contributed by atoms with Crippen LogP contribution in [0.25, 0.3) is 0 Å². The summed E-state index contributed by atoms with van der Waals surface area (Å²) in [7, 11) is 0. The number of rotatable bonds is 3. The Hall–Kier alpha value is -1.72. The molecule has 0 unspecified atom stereocenters. The number of aryl methyl sites for hydroxylation is 1. The molecule has 6 heteroatoms. The van der Waals surface area contributed by atoms with E-state index in [-0.39, 0.29) is 17.4 Å². The van der Waals surface area contributed by atoms with Gasteiger partial charge in [-0.05, 0) is 42.3 Å². The lowest BCUT2D eigenvalue weighted by atomic mass is 10.1. The van der Waals surface area contributed by atoms with Crippen LogP contribution in [0.2, 0.25) is 5.02 Å². The summed E-state index contributed by atoms with van der Waals surface area (Å²) < 4.78 is 43.8. The van der Waals surface area contributed by atoms with Crippen LogP contribution < -0.4 is 4.74 Å². The summed E-state index contributed by atoms with van der Waals surface area (Å²) in [5.41, 5.74) is 0.475. The second kappa shape index (κ2) is 5.95. The zero-order valence-corrected chi connectivity index (χ0v) is 11.8. The predicted molar refractivity (Wildman–Crippen MR) is 73.6 cm³/mol. The molecule has 112 valence electrons. The van der Waals surface area contributed by atoms with Crippen LogP contribution in [-0.2, 0) is 12.8 Å². The van der Waals surface area contributed by atoms with Gasteiger partial charge in [0.2, 0.25) is 0 Å². The second-order valence-electron chi connectivity index (χ2n) is 4.50. The Morgan fingerprint density at radius 1 is 1.14 bits per heavy atom. The van der Waals surface area contributed by atoms with Gasteiger partial charge in [-0.2, -0.15) is 13.2 Å². The summed E-state index contributed by atoms with van der Waals surface area (Å²) in [6.45, 7) is 1.63. The van der Waals surface area contributed by atoms with Crippen molar-refractivity contribution in [2.24, 2.45) is 0 Å². The summed E-state index contributed by atoms with van der Waals surface area (Å²) in [6.07, 6.45) is -4.54. The largest absolute Gasteiger partial charge is 0.457 e. The molecule has 0 aliphatic carbocycles. The van der Waals surface area contributed by atoms with E-state index in [0.717, 1.165) is 12.1 Å². The number of benzene rings is 2. The fraction of sp³-hybridized carbons (Fsp3) is 0.200. The number of aliphatic hydroxyl groups excluding tert-OH is 1. The predicted octanol–water partition coefficient (Wildman–Crippen LogP) is 4.95. The van der Waals surface area contributed by atoms with Crippen molar-refractivity contribution in [2.45, 2.75) is 19.7 Å². The van der Waals surface area contributed by atoms with Gasteiger partial charge in [0.1, 0.15) is 11.5 Å². The Labute approximate surface area is 124 Å². The van der Waals surface area contributed by atoms with Crippen LogP contribution in [0.3, 0.4) is 0 Å². The van der Waals surface area contributed by atoms with Gasteiger partial charge in [0.15, 0.2) is 0 Å². The molecule has 2 nitrogen and oxygen atoms in total. The molecule has 1 N–H and O–H groups in total. The normalized spacial score (nSPS) is 11.5. The Morgan fingerprint density at radius 3 is 2.43 bits per heavy atom. The van der Waals surface area contributed by atoms with Gasteiger partial charge in [-0.25, -0.2) is 0 Å². The van der Waals surface area contributed by atoms with Crippen molar-refractivity contribution in [2.75, 3.05) is 0 Å². The molecule has 21 heavy (non-hydrogen) atoms.